The van der Waals surface area contributed by atoms with Crippen LogP contribution in [0.15, 0.2) is 0 Å². The van der Waals surface area contributed by atoms with Crippen molar-refractivity contribution in [1.82, 2.24) is 0 Å². The van der Waals surface area contributed by atoms with Crippen LogP contribution < -0.4 is 0 Å². The lowest BCUT2D eigenvalue weighted by atomic mass is 10.4. The lowest BCUT2D eigenvalue weighted by molar-refractivity contribution is -0.135. The number of alkyl halides is 2. The van der Waals surface area contributed by atoms with E-state index in [1.54, 1.807) is 18.5 Å². The second kappa shape index (κ2) is 15.4. The number of halogens is 2. The Morgan fingerprint density at radius 3 is 1.33 bits per heavy atom. The van der Waals surface area contributed by atoms with Crippen LogP contribution >= 0.6 is 30.5 Å². The van der Waals surface area contributed by atoms with Gasteiger partial charge in [0, 0.05) is 7.26 Å². The van der Waals surface area contributed by atoms with Crippen LogP contribution in [0.1, 0.15) is 66.2 Å². The van der Waals surface area contributed by atoms with Crippen LogP contribution in [-0.2, 0) is 4.79 Å². The maximum Gasteiger partial charge on any atom is 0.337 e. The van der Waals surface area contributed by atoms with Crippen molar-refractivity contribution >= 4 is 36.4 Å². The minimum absolute atomic E-state index is 0.527. The van der Waals surface area contributed by atoms with Crippen LogP contribution in [0.5, 0.6) is 0 Å². The van der Waals surface area contributed by atoms with Crippen molar-refractivity contribution in [2.24, 2.45) is 0 Å². The topological polar surface area (TPSA) is 37.3 Å². The molecule has 2 nitrogen and oxygen atoms in total. The van der Waals surface area contributed by atoms with Gasteiger partial charge in [-0.15, -0.1) is 0 Å². The van der Waals surface area contributed by atoms with E-state index in [0.717, 1.165) is 0 Å². The molecule has 0 rings (SSSR count). The van der Waals surface area contributed by atoms with Crippen LogP contribution in [0, 0.1) is 0 Å². The van der Waals surface area contributed by atoms with Gasteiger partial charge in [0.05, 0.1) is 24.6 Å². The predicted octanol–water partition coefficient (Wildman–Crippen LogP) is 6.30. The molecule has 0 spiro atoms. The van der Waals surface area contributed by atoms with Crippen molar-refractivity contribution in [2.45, 2.75) is 71.1 Å². The smallest absolute Gasteiger partial charge is 0.337 e. The molecule has 0 aliphatic carbocycles. The largest absolute Gasteiger partial charge is 0.479 e. The third kappa shape index (κ3) is 13.8. The summed E-state index contributed by atoms with van der Waals surface area (Å²) in [5.41, 5.74) is 0. The number of carboxylic acid groups (broad SMARTS) is 1. The summed E-state index contributed by atoms with van der Waals surface area (Å²) >= 11 is 9.56. The Labute approximate surface area is 142 Å². The van der Waals surface area contributed by atoms with Gasteiger partial charge in [0.1, 0.15) is 0 Å². The molecule has 0 atom stereocenters. The fourth-order valence-electron chi connectivity index (χ4n) is 2.29. The number of hydrogen-bond donors (Lipinski definition) is 1. The van der Waals surface area contributed by atoms with Crippen molar-refractivity contribution in [1.29, 1.82) is 0 Å². The molecule has 0 aliphatic heterocycles. The van der Waals surface area contributed by atoms with E-state index >= 15 is 0 Å². The summed E-state index contributed by atoms with van der Waals surface area (Å²) in [6.07, 6.45) is 14.9. The van der Waals surface area contributed by atoms with E-state index in [-0.39, 0.29) is 0 Å². The molecule has 0 aromatic heterocycles. The van der Waals surface area contributed by atoms with Crippen molar-refractivity contribution < 1.29 is 9.90 Å². The quantitative estimate of drug-likeness (QED) is 0.347. The Morgan fingerprint density at radius 2 is 1.19 bits per heavy atom. The number of carbonyl (C=O) groups is 1. The van der Waals surface area contributed by atoms with E-state index in [4.69, 9.17) is 28.3 Å². The Hall–Kier alpha value is 0.480. The maximum atomic E-state index is 9.44. The zero-order valence-corrected chi connectivity index (χ0v) is 16.6. The zero-order valence-electron chi connectivity index (χ0n) is 14.2. The molecule has 0 aromatic rings. The average Bonchev–Trinajstić information content (AvgIpc) is 2.47. The fourth-order valence-corrected chi connectivity index (χ4v) is 6.87. The molecule has 0 saturated carbocycles. The third-order valence-electron chi connectivity index (χ3n) is 3.82. The monoisotopic (exact) mass is 359 g/mol. The second-order valence-corrected chi connectivity index (χ2v) is 11.3. The molecule has 0 aromatic carbocycles. The van der Waals surface area contributed by atoms with Gasteiger partial charge in [-0.3, -0.25) is 0 Å². The van der Waals surface area contributed by atoms with Gasteiger partial charge in [-0.2, -0.15) is 0 Å². The van der Waals surface area contributed by atoms with E-state index in [1.807, 2.05) is 0 Å². The Kier molecular flexibility index (Phi) is 17.4. The Morgan fingerprint density at radius 1 is 0.905 bits per heavy atom. The summed E-state index contributed by atoms with van der Waals surface area (Å²) in [4.78, 5) is 8.15. The van der Waals surface area contributed by atoms with Crippen molar-refractivity contribution in [3.8, 4) is 0 Å². The van der Waals surface area contributed by atoms with Gasteiger partial charge in [0.15, 0.2) is 0 Å². The summed E-state index contributed by atoms with van der Waals surface area (Å²) in [5.74, 6) is -1.21. The molecule has 0 heterocycles. The molecule has 0 bridgehead atoms. The SMILES string of the molecule is CCCC[P+](CC)(CCCC)CCCC.O=C(O)C(Cl)Cl. The molecule has 0 fully saturated rings. The molecule has 0 aliphatic rings. The van der Waals surface area contributed by atoms with Gasteiger partial charge < -0.3 is 5.11 Å². The van der Waals surface area contributed by atoms with Gasteiger partial charge >= 0.3 is 5.97 Å². The fraction of sp³-hybridized carbons (Fsp3) is 0.938. The summed E-state index contributed by atoms with van der Waals surface area (Å²) in [5, 5.41) is 7.73. The summed E-state index contributed by atoms with van der Waals surface area (Å²) < 4.78 is 0. The standard InChI is InChI=1S/C14H32P.C2H2Cl2O2/c1-5-9-12-15(8-4,13-10-6-2)14-11-7-3;3-1(4)2(5)6/h5-14H2,1-4H3;1H,(H,5,6)/q+1;. The number of rotatable bonds is 11. The van der Waals surface area contributed by atoms with Crippen LogP contribution in [0.4, 0.5) is 0 Å². The van der Waals surface area contributed by atoms with Crippen LogP contribution in [0.2, 0.25) is 0 Å². The summed E-state index contributed by atoms with van der Waals surface area (Å²) in [7, 11) is -0.527. The lowest BCUT2D eigenvalue weighted by Gasteiger charge is -2.26. The normalized spacial score (nSPS) is 11.2. The van der Waals surface area contributed by atoms with Crippen LogP contribution in [0.25, 0.3) is 0 Å². The van der Waals surface area contributed by atoms with E-state index in [2.05, 4.69) is 27.7 Å². The number of carboxylic acids is 1. The highest BCUT2D eigenvalue weighted by molar-refractivity contribution is 7.75. The van der Waals surface area contributed by atoms with Gasteiger partial charge in [-0.05, 0) is 26.2 Å². The van der Waals surface area contributed by atoms with E-state index in [9.17, 15) is 4.79 Å². The van der Waals surface area contributed by atoms with E-state index < -0.39 is 18.1 Å². The third-order valence-corrected chi connectivity index (χ3v) is 9.33. The molecule has 0 radical (unpaired) electrons. The molecular weight excluding hydrogens is 326 g/mol. The number of unbranched alkanes of at least 4 members (excludes halogenated alkanes) is 3. The van der Waals surface area contributed by atoms with Crippen molar-refractivity contribution in [3.05, 3.63) is 0 Å². The van der Waals surface area contributed by atoms with Gasteiger partial charge in [-0.25, -0.2) is 4.79 Å². The first-order valence-electron chi connectivity index (χ1n) is 8.25. The predicted molar refractivity (Wildman–Crippen MR) is 99.9 cm³/mol. The molecule has 0 saturated heterocycles. The number of aliphatic carboxylic acids is 1. The van der Waals surface area contributed by atoms with Gasteiger partial charge in [0.25, 0.3) is 0 Å². The Balaban J connectivity index is 0. The molecule has 5 heteroatoms. The summed E-state index contributed by atoms with van der Waals surface area (Å²) in [6, 6.07) is 0. The maximum absolute atomic E-state index is 9.44. The van der Waals surface area contributed by atoms with E-state index in [1.165, 1.54) is 44.7 Å². The molecule has 128 valence electrons. The highest BCUT2D eigenvalue weighted by Crippen LogP contribution is 2.60. The van der Waals surface area contributed by atoms with Gasteiger partial charge in [0.2, 0.25) is 4.84 Å². The lowest BCUT2D eigenvalue weighted by Crippen LogP contribution is -2.11. The van der Waals surface area contributed by atoms with Crippen molar-refractivity contribution in [2.75, 3.05) is 24.6 Å². The molecule has 21 heavy (non-hydrogen) atoms. The molecule has 0 amide bonds. The minimum Gasteiger partial charge on any atom is -0.479 e. The molecular formula is C16H34Cl2O2P+. The Bertz CT molecular complexity index is 227. The minimum atomic E-state index is -1.29. The molecule has 0 unspecified atom stereocenters. The first-order valence-corrected chi connectivity index (χ1v) is 11.6. The average molecular weight is 360 g/mol. The van der Waals surface area contributed by atoms with Gasteiger partial charge in [-0.1, -0.05) is 63.2 Å². The van der Waals surface area contributed by atoms with Crippen LogP contribution in [-0.4, -0.2) is 40.6 Å². The first kappa shape index (κ1) is 23.7. The highest BCUT2D eigenvalue weighted by atomic mass is 35.5. The van der Waals surface area contributed by atoms with E-state index in [0.29, 0.717) is 0 Å². The number of hydrogen-bond acceptors (Lipinski definition) is 1. The second-order valence-electron chi connectivity index (χ2n) is 5.53. The first-order chi connectivity index (χ1) is 9.89. The van der Waals surface area contributed by atoms with Crippen LogP contribution in [0.3, 0.4) is 0 Å². The molecule has 1 N–H and O–H groups in total. The zero-order chi connectivity index (χ0) is 16.7. The summed E-state index contributed by atoms with van der Waals surface area (Å²) in [6.45, 7) is 9.46. The van der Waals surface area contributed by atoms with Crippen molar-refractivity contribution in [3.63, 3.8) is 0 Å². The highest BCUT2D eigenvalue weighted by Gasteiger charge is 2.32.